The number of aliphatic hydroxyl groups excluding tert-OH is 1. The number of hydrogen-bond acceptors (Lipinski definition) is 1. The maximum Gasteiger partial charge on any atom is 0.0618 e. The molecule has 0 bridgehead atoms. The van der Waals surface area contributed by atoms with E-state index in [-0.39, 0.29) is 6.61 Å². The fraction of sp³-hybridized carbons (Fsp3) is 0.636. The molecule has 1 rings (SSSR count). The summed E-state index contributed by atoms with van der Waals surface area (Å²) in [5.74, 6) is 1.33. The molecule has 0 aromatic rings. The first-order valence-electron chi connectivity index (χ1n) is 4.64. The van der Waals surface area contributed by atoms with Crippen LogP contribution in [0.2, 0.25) is 0 Å². The van der Waals surface area contributed by atoms with Gasteiger partial charge in [-0.2, -0.15) is 0 Å². The van der Waals surface area contributed by atoms with Crippen molar-refractivity contribution in [3.05, 3.63) is 23.8 Å². The molecule has 1 N–H and O–H groups in total. The smallest absolute Gasteiger partial charge is 0.0618 e. The van der Waals surface area contributed by atoms with Crippen LogP contribution in [0.4, 0.5) is 0 Å². The van der Waals surface area contributed by atoms with Crippen LogP contribution < -0.4 is 0 Å². The highest BCUT2D eigenvalue weighted by atomic mass is 16.2. The van der Waals surface area contributed by atoms with E-state index >= 15 is 0 Å². The molecule has 0 amide bonds. The van der Waals surface area contributed by atoms with Crippen LogP contribution >= 0.6 is 0 Å². The molecule has 1 fully saturated rings. The Balaban J connectivity index is 2.73. The maximum absolute atomic E-state index is 8.79. The lowest BCUT2D eigenvalue weighted by Gasteiger charge is -2.28. The van der Waals surface area contributed by atoms with Gasteiger partial charge in [0.05, 0.1) is 6.61 Å². The first-order chi connectivity index (χ1) is 5.65. The molecule has 2 unspecified atom stereocenters. The number of aliphatic hydroxyl groups is 1. The number of rotatable bonds is 1. The summed E-state index contributed by atoms with van der Waals surface area (Å²) >= 11 is 0. The fourth-order valence-electron chi connectivity index (χ4n) is 1.98. The van der Waals surface area contributed by atoms with Gasteiger partial charge in [0.25, 0.3) is 0 Å². The monoisotopic (exact) mass is 166 g/mol. The highest BCUT2D eigenvalue weighted by Crippen LogP contribution is 2.35. The van der Waals surface area contributed by atoms with Crippen molar-refractivity contribution in [3.63, 3.8) is 0 Å². The predicted molar refractivity (Wildman–Crippen MR) is 51.9 cm³/mol. The summed E-state index contributed by atoms with van der Waals surface area (Å²) in [5.41, 5.74) is 2.49. The molecule has 2 atom stereocenters. The maximum atomic E-state index is 8.79. The molecule has 1 aliphatic carbocycles. The van der Waals surface area contributed by atoms with E-state index in [0.717, 1.165) is 12.3 Å². The minimum Gasteiger partial charge on any atom is -0.392 e. The van der Waals surface area contributed by atoms with Crippen LogP contribution in [0.1, 0.15) is 26.7 Å². The molecule has 0 spiro atoms. The Morgan fingerprint density at radius 3 is 2.83 bits per heavy atom. The van der Waals surface area contributed by atoms with E-state index in [1.54, 1.807) is 0 Å². The van der Waals surface area contributed by atoms with Gasteiger partial charge in [0.2, 0.25) is 0 Å². The van der Waals surface area contributed by atoms with Crippen LogP contribution in [0, 0.1) is 11.8 Å². The van der Waals surface area contributed by atoms with Gasteiger partial charge in [-0.15, -0.1) is 0 Å². The third-order valence-corrected chi connectivity index (χ3v) is 2.67. The SMILES string of the molecule is C=C1/C(=C/CO)CC(C)CC1C. The van der Waals surface area contributed by atoms with E-state index in [1.807, 2.05) is 6.08 Å². The van der Waals surface area contributed by atoms with Crippen LogP contribution in [0.5, 0.6) is 0 Å². The molecule has 1 heteroatoms. The van der Waals surface area contributed by atoms with Crippen molar-refractivity contribution in [2.24, 2.45) is 11.8 Å². The summed E-state index contributed by atoms with van der Waals surface area (Å²) in [4.78, 5) is 0. The van der Waals surface area contributed by atoms with Crippen molar-refractivity contribution in [2.75, 3.05) is 6.61 Å². The first-order valence-corrected chi connectivity index (χ1v) is 4.64. The van der Waals surface area contributed by atoms with Crippen molar-refractivity contribution in [3.8, 4) is 0 Å². The van der Waals surface area contributed by atoms with Gasteiger partial charge in [-0.25, -0.2) is 0 Å². The van der Waals surface area contributed by atoms with Crippen LogP contribution in [0.15, 0.2) is 23.8 Å². The molecule has 0 aromatic heterocycles. The Morgan fingerprint density at radius 2 is 2.25 bits per heavy atom. The highest BCUT2D eigenvalue weighted by Gasteiger charge is 2.21. The lowest BCUT2D eigenvalue weighted by Crippen LogP contribution is -2.15. The molecule has 68 valence electrons. The zero-order chi connectivity index (χ0) is 9.14. The second-order valence-corrected chi connectivity index (χ2v) is 3.88. The molecule has 0 heterocycles. The van der Waals surface area contributed by atoms with Crippen LogP contribution in [0.3, 0.4) is 0 Å². The van der Waals surface area contributed by atoms with Crippen molar-refractivity contribution < 1.29 is 5.11 Å². The molecular formula is C11H18O. The van der Waals surface area contributed by atoms with E-state index in [1.165, 1.54) is 17.6 Å². The van der Waals surface area contributed by atoms with Gasteiger partial charge in [-0.3, -0.25) is 0 Å². The van der Waals surface area contributed by atoms with Crippen LogP contribution in [-0.2, 0) is 0 Å². The summed E-state index contributed by atoms with van der Waals surface area (Å²) in [7, 11) is 0. The minimum absolute atomic E-state index is 0.147. The topological polar surface area (TPSA) is 20.2 Å². The average Bonchev–Trinajstić information content (AvgIpc) is 2.00. The van der Waals surface area contributed by atoms with E-state index in [9.17, 15) is 0 Å². The summed E-state index contributed by atoms with van der Waals surface area (Å²) in [6.45, 7) is 8.67. The molecule has 1 nitrogen and oxygen atoms in total. The second kappa shape index (κ2) is 3.90. The Kier molecular flexibility index (Phi) is 3.10. The molecule has 0 radical (unpaired) electrons. The van der Waals surface area contributed by atoms with Gasteiger partial charge < -0.3 is 5.11 Å². The minimum atomic E-state index is 0.147. The van der Waals surface area contributed by atoms with Crippen molar-refractivity contribution >= 4 is 0 Å². The Hall–Kier alpha value is -0.560. The molecule has 12 heavy (non-hydrogen) atoms. The van der Waals surface area contributed by atoms with E-state index in [0.29, 0.717) is 5.92 Å². The summed E-state index contributed by atoms with van der Waals surface area (Å²) in [6, 6.07) is 0. The number of hydrogen-bond donors (Lipinski definition) is 1. The zero-order valence-electron chi connectivity index (χ0n) is 8.01. The zero-order valence-corrected chi connectivity index (χ0v) is 8.01. The molecule has 0 aliphatic heterocycles. The van der Waals surface area contributed by atoms with Gasteiger partial charge in [-0.05, 0) is 35.8 Å². The van der Waals surface area contributed by atoms with Gasteiger partial charge in [0.15, 0.2) is 0 Å². The van der Waals surface area contributed by atoms with Gasteiger partial charge in [0.1, 0.15) is 0 Å². The van der Waals surface area contributed by atoms with Crippen molar-refractivity contribution in [1.82, 2.24) is 0 Å². The average molecular weight is 166 g/mol. The van der Waals surface area contributed by atoms with Gasteiger partial charge in [-0.1, -0.05) is 26.5 Å². The molecule has 1 saturated carbocycles. The third kappa shape index (κ3) is 1.98. The Labute approximate surface area is 74.8 Å². The second-order valence-electron chi connectivity index (χ2n) is 3.88. The highest BCUT2D eigenvalue weighted by molar-refractivity contribution is 5.32. The molecule has 1 aliphatic rings. The lowest BCUT2D eigenvalue weighted by atomic mass is 9.77. The fourth-order valence-corrected chi connectivity index (χ4v) is 1.98. The van der Waals surface area contributed by atoms with Crippen LogP contribution in [0.25, 0.3) is 0 Å². The van der Waals surface area contributed by atoms with Gasteiger partial charge >= 0.3 is 0 Å². The largest absolute Gasteiger partial charge is 0.392 e. The predicted octanol–water partition coefficient (Wildman–Crippen LogP) is 2.53. The van der Waals surface area contributed by atoms with Crippen LogP contribution in [-0.4, -0.2) is 11.7 Å². The Bertz CT molecular complexity index is 203. The van der Waals surface area contributed by atoms with E-state index in [4.69, 9.17) is 5.11 Å². The van der Waals surface area contributed by atoms with Crippen molar-refractivity contribution in [2.45, 2.75) is 26.7 Å². The molecule has 0 saturated heterocycles. The van der Waals surface area contributed by atoms with Crippen molar-refractivity contribution in [1.29, 1.82) is 0 Å². The summed E-state index contributed by atoms with van der Waals surface area (Å²) < 4.78 is 0. The number of allylic oxidation sites excluding steroid dienone is 2. The first kappa shape index (κ1) is 9.53. The quantitative estimate of drug-likeness (QED) is 0.634. The van der Waals surface area contributed by atoms with Gasteiger partial charge in [0, 0.05) is 0 Å². The molecule has 0 aromatic carbocycles. The summed E-state index contributed by atoms with van der Waals surface area (Å²) in [5, 5.41) is 8.79. The molecular weight excluding hydrogens is 148 g/mol. The Morgan fingerprint density at radius 1 is 1.58 bits per heavy atom. The third-order valence-electron chi connectivity index (χ3n) is 2.67. The summed E-state index contributed by atoms with van der Waals surface area (Å²) in [6.07, 6.45) is 4.22. The normalized spacial score (nSPS) is 34.2. The standard InChI is InChI=1S/C11H18O/c1-8-6-9(2)10(3)11(7-8)4-5-12/h4,8-9,12H,3,5-7H2,1-2H3/b11-4+. The van der Waals surface area contributed by atoms with E-state index < -0.39 is 0 Å². The van der Waals surface area contributed by atoms with E-state index in [2.05, 4.69) is 20.4 Å². The lowest BCUT2D eigenvalue weighted by molar-refractivity contribution is 0.338.